The third kappa shape index (κ3) is 3.22. The number of nitrogens with zero attached hydrogens (tertiary/aromatic N) is 4. The van der Waals surface area contributed by atoms with Gasteiger partial charge < -0.3 is 9.64 Å². The molecule has 3 rings (SSSR count). The first-order valence-electron chi connectivity index (χ1n) is 8.85. The third-order valence-electron chi connectivity index (χ3n) is 5.17. The standard InChI is InChI=1S/C18H24N4O5S/c1-13-16(17(23)20(3)18(24)19(13)2)28(25,26)22-11-9-21(10-12-22)14-7-5-6-8-15(14)27-4/h5-8H,9-12H2,1-4H3. The molecular weight excluding hydrogens is 384 g/mol. The number of ether oxygens (including phenoxy) is 1. The zero-order chi connectivity index (χ0) is 20.6. The first-order valence-corrected chi connectivity index (χ1v) is 10.3. The van der Waals surface area contributed by atoms with Crippen molar-refractivity contribution in [3.8, 4) is 5.75 Å². The second-order valence-electron chi connectivity index (χ2n) is 6.68. The van der Waals surface area contributed by atoms with Crippen LogP contribution in [0.15, 0.2) is 38.8 Å². The number of methoxy groups -OCH3 is 1. The summed E-state index contributed by atoms with van der Waals surface area (Å²) in [6.07, 6.45) is 0. The molecule has 1 aromatic carbocycles. The van der Waals surface area contributed by atoms with Crippen molar-refractivity contribution in [2.75, 3.05) is 38.2 Å². The second kappa shape index (κ2) is 7.44. The molecule has 1 aliphatic rings. The number of hydrogen-bond acceptors (Lipinski definition) is 6. The zero-order valence-electron chi connectivity index (χ0n) is 16.4. The predicted molar refractivity (Wildman–Crippen MR) is 106 cm³/mol. The minimum atomic E-state index is -4.02. The normalized spacial score (nSPS) is 15.6. The molecular formula is C18H24N4O5S. The van der Waals surface area contributed by atoms with Crippen molar-refractivity contribution in [3.63, 3.8) is 0 Å². The molecule has 9 nitrogen and oxygen atoms in total. The average molecular weight is 408 g/mol. The van der Waals surface area contributed by atoms with Gasteiger partial charge in [0.1, 0.15) is 5.75 Å². The van der Waals surface area contributed by atoms with Crippen LogP contribution >= 0.6 is 0 Å². The lowest BCUT2D eigenvalue weighted by Gasteiger charge is -2.36. The molecule has 1 aromatic heterocycles. The van der Waals surface area contributed by atoms with Crippen LogP contribution in [0.3, 0.4) is 0 Å². The minimum Gasteiger partial charge on any atom is -0.495 e. The number of piperazine rings is 1. The van der Waals surface area contributed by atoms with Crippen LogP contribution in [0.2, 0.25) is 0 Å². The molecule has 28 heavy (non-hydrogen) atoms. The molecule has 1 fully saturated rings. The molecule has 0 radical (unpaired) electrons. The smallest absolute Gasteiger partial charge is 0.330 e. The Kier molecular flexibility index (Phi) is 5.35. The molecule has 0 saturated carbocycles. The molecule has 1 aliphatic heterocycles. The van der Waals surface area contributed by atoms with E-state index < -0.39 is 21.3 Å². The topological polar surface area (TPSA) is 93.8 Å². The van der Waals surface area contributed by atoms with E-state index in [9.17, 15) is 18.0 Å². The van der Waals surface area contributed by atoms with Gasteiger partial charge in [-0.05, 0) is 19.1 Å². The van der Waals surface area contributed by atoms with Crippen LogP contribution in [0.4, 0.5) is 5.69 Å². The van der Waals surface area contributed by atoms with Crippen molar-refractivity contribution >= 4 is 15.7 Å². The van der Waals surface area contributed by atoms with Gasteiger partial charge in [0.2, 0.25) is 10.0 Å². The average Bonchev–Trinajstić information content (AvgIpc) is 2.70. The molecule has 0 amide bonds. The van der Waals surface area contributed by atoms with Gasteiger partial charge in [-0.25, -0.2) is 13.2 Å². The molecule has 0 unspecified atom stereocenters. The Balaban J connectivity index is 1.91. The van der Waals surface area contributed by atoms with Gasteiger partial charge in [0.05, 0.1) is 12.8 Å². The second-order valence-corrected chi connectivity index (χ2v) is 8.56. The summed E-state index contributed by atoms with van der Waals surface area (Å²) in [5, 5.41) is 0. The van der Waals surface area contributed by atoms with Gasteiger partial charge in [0.25, 0.3) is 5.56 Å². The molecule has 10 heteroatoms. The van der Waals surface area contributed by atoms with Crippen molar-refractivity contribution in [2.24, 2.45) is 14.1 Å². The van der Waals surface area contributed by atoms with Gasteiger partial charge in [-0.2, -0.15) is 4.31 Å². The van der Waals surface area contributed by atoms with E-state index in [-0.39, 0.29) is 23.7 Å². The van der Waals surface area contributed by atoms with E-state index in [0.717, 1.165) is 16.0 Å². The van der Waals surface area contributed by atoms with Crippen LogP contribution in [0.25, 0.3) is 0 Å². The summed E-state index contributed by atoms with van der Waals surface area (Å²) in [6, 6.07) is 7.56. The van der Waals surface area contributed by atoms with E-state index in [0.29, 0.717) is 13.1 Å². The van der Waals surface area contributed by atoms with Gasteiger partial charge in [0.15, 0.2) is 4.90 Å². The lowest BCUT2D eigenvalue weighted by atomic mass is 10.2. The van der Waals surface area contributed by atoms with Crippen LogP contribution in [0, 0.1) is 6.92 Å². The molecule has 0 aliphatic carbocycles. The Labute approximate surface area is 163 Å². The van der Waals surface area contributed by atoms with Gasteiger partial charge in [0, 0.05) is 46.0 Å². The summed E-state index contributed by atoms with van der Waals surface area (Å²) in [7, 11) is 0.306. The summed E-state index contributed by atoms with van der Waals surface area (Å²) in [5.41, 5.74) is -0.313. The van der Waals surface area contributed by atoms with Crippen molar-refractivity contribution in [3.05, 3.63) is 50.8 Å². The zero-order valence-corrected chi connectivity index (χ0v) is 17.2. The molecule has 0 atom stereocenters. The molecule has 0 spiro atoms. The largest absolute Gasteiger partial charge is 0.495 e. The number of aromatic nitrogens is 2. The van der Waals surface area contributed by atoms with E-state index in [1.807, 2.05) is 24.3 Å². The van der Waals surface area contributed by atoms with E-state index in [4.69, 9.17) is 4.74 Å². The highest BCUT2D eigenvalue weighted by molar-refractivity contribution is 7.89. The van der Waals surface area contributed by atoms with Crippen LogP contribution in [0.1, 0.15) is 5.69 Å². The van der Waals surface area contributed by atoms with E-state index in [1.54, 1.807) is 7.11 Å². The number of para-hydroxylation sites is 2. The summed E-state index contributed by atoms with van der Waals surface area (Å²) in [4.78, 5) is 26.3. The highest BCUT2D eigenvalue weighted by Crippen LogP contribution is 2.29. The lowest BCUT2D eigenvalue weighted by Crippen LogP contribution is -2.51. The Hall–Kier alpha value is -2.59. The number of anilines is 1. The summed E-state index contributed by atoms with van der Waals surface area (Å²) < 4.78 is 35.0. The Morgan fingerprint density at radius 2 is 1.57 bits per heavy atom. The van der Waals surface area contributed by atoms with E-state index in [1.165, 1.54) is 29.9 Å². The number of hydrogen-bond donors (Lipinski definition) is 0. The summed E-state index contributed by atoms with van der Waals surface area (Å²) in [5.74, 6) is 0.724. The molecule has 0 N–H and O–H groups in total. The minimum absolute atomic E-state index is 0.139. The molecule has 152 valence electrons. The molecule has 2 heterocycles. The number of benzene rings is 1. The first kappa shape index (κ1) is 20.2. The monoisotopic (exact) mass is 408 g/mol. The van der Waals surface area contributed by atoms with E-state index in [2.05, 4.69) is 4.90 Å². The number of sulfonamides is 1. The highest BCUT2D eigenvalue weighted by Gasteiger charge is 2.34. The van der Waals surface area contributed by atoms with Crippen molar-refractivity contribution < 1.29 is 13.2 Å². The highest BCUT2D eigenvalue weighted by atomic mass is 32.2. The van der Waals surface area contributed by atoms with Gasteiger partial charge in [-0.15, -0.1) is 0 Å². The molecule has 0 bridgehead atoms. The summed E-state index contributed by atoms with van der Waals surface area (Å²) >= 11 is 0. The van der Waals surface area contributed by atoms with Gasteiger partial charge in [-0.3, -0.25) is 13.9 Å². The van der Waals surface area contributed by atoms with Crippen LogP contribution < -0.4 is 20.9 Å². The van der Waals surface area contributed by atoms with Crippen molar-refractivity contribution in [1.29, 1.82) is 0 Å². The van der Waals surface area contributed by atoms with Crippen molar-refractivity contribution in [2.45, 2.75) is 11.8 Å². The third-order valence-corrected chi connectivity index (χ3v) is 7.20. The van der Waals surface area contributed by atoms with Gasteiger partial charge in [-0.1, -0.05) is 12.1 Å². The Morgan fingerprint density at radius 3 is 2.18 bits per heavy atom. The maximum Gasteiger partial charge on any atom is 0.330 e. The van der Waals surface area contributed by atoms with Crippen LogP contribution in [-0.4, -0.2) is 55.1 Å². The van der Waals surface area contributed by atoms with Crippen LogP contribution in [0.5, 0.6) is 5.75 Å². The van der Waals surface area contributed by atoms with Gasteiger partial charge >= 0.3 is 5.69 Å². The molecule has 1 saturated heterocycles. The van der Waals surface area contributed by atoms with Crippen molar-refractivity contribution in [1.82, 2.24) is 13.4 Å². The maximum absolute atomic E-state index is 13.2. The fourth-order valence-electron chi connectivity index (χ4n) is 3.40. The quantitative estimate of drug-likeness (QED) is 0.702. The SMILES string of the molecule is COc1ccccc1N1CCN(S(=O)(=O)c2c(C)n(C)c(=O)n(C)c2=O)CC1. The first-order chi connectivity index (χ1) is 13.2. The number of rotatable bonds is 4. The summed E-state index contributed by atoms with van der Waals surface area (Å²) in [6.45, 7) is 2.86. The predicted octanol–water partition coefficient (Wildman–Crippen LogP) is -0.0881. The fourth-order valence-corrected chi connectivity index (χ4v) is 5.17. The maximum atomic E-state index is 13.2. The van der Waals surface area contributed by atoms with Crippen LogP contribution in [-0.2, 0) is 24.1 Å². The fraction of sp³-hybridized carbons (Fsp3) is 0.444. The molecule has 2 aromatic rings. The van der Waals surface area contributed by atoms with E-state index >= 15 is 0 Å². The Morgan fingerprint density at radius 1 is 0.964 bits per heavy atom. The Bertz CT molecular complexity index is 1110. The lowest BCUT2D eigenvalue weighted by molar-refractivity contribution is 0.376.